The molecular formula is C10H13N2O3-. The van der Waals surface area contributed by atoms with Gasteiger partial charge in [-0.3, -0.25) is 0 Å². The molecule has 0 atom stereocenters. The third-order valence-electron chi connectivity index (χ3n) is 2.01. The van der Waals surface area contributed by atoms with Crippen molar-refractivity contribution in [2.24, 2.45) is 5.84 Å². The van der Waals surface area contributed by atoms with Crippen LogP contribution in [0, 0.1) is 6.92 Å². The van der Waals surface area contributed by atoms with E-state index in [2.05, 4.69) is 0 Å². The second-order valence-electron chi connectivity index (χ2n) is 3.15. The number of carbonyl (C=O) groups is 1. The molecule has 0 aliphatic rings. The van der Waals surface area contributed by atoms with E-state index < -0.39 is 5.97 Å². The second kappa shape index (κ2) is 4.65. The van der Waals surface area contributed by atoms with Gasteiger partial charge in [-0.1, -0.05) is 0 Å². The van der Waals surface area contributed by atoms with Crippen molar-refractivity contribution in [2.45, 2.75) is 6.92 Å². The minimum Gasteiger partial charge on any atom is -0.548 e. The molecule has 82 valence electrons. The fourth-order valence-corrected chi connectivity index (χ4v) is 1.27. The monoisotopic (exact) mass is 209 g/mol. The van der Waals surface area contributed by atoms with Crippen molar-refractivity contribution >= 4 is 11.7 Å². The smallest absolute Gasteiger partial charge is 0.121 e. The molecule has 0 fully saturated rings. The number of benzene rings is 1. The molecule has 0 heterocycles. The van der Waals surface area contributed by atoms with Crippen molar-refractivity contribution in [1.29, 1.82) is 0 Å². The van der Waals surface area contributed by atoms with Crippen molar-refractivity contribution in [1.82, 2.24) is 0 Å². The lowest BCUT2D eigenvalue weighted by Crippen LogP contribution is -2.42. The lowest BCUT2D eigenvalue weighted by molar-refractivity contribution is -0.303. The minimum atomic E-state index is -1.22. The topological polar surface area (TPSA) is 78.6 Å². The van der Waals surface area contributed by atoms with Crippen LogP contribution in [0.5, 0.6) is 5.75 Å². The van der Waals surface area contributed by atoms with Gasteiger partial charge in [0.1, 0.15) is 5.75 Å². The maximum absolute atomic E-state index is 10.3. The van der Waals surface area contributed by atoms with Crippen LogP contribution in [0.4, 0.5) is 5.69 Å². The Morgan fingerprint density at radius 3 is 2.73 bits per heavy atom. The number of ether oxygens (including phenoxy) is 1. The normalized spacial score (nSPS) is 9.80. The van der Waals surface area contributed by atoms with Gasteiger partial charge in [0.15, 0.2) is 0 Å². The van der Waals surface area contributed by atoms with Crippen LogP contribution in [0.15, 0.2) is 18.2 Å². The van der Waals surface area contributed by atoms with Gasteiger partial charge in [0.05, 0.1) is 25.3 Å². The van der Waals surface area contributed by atoms with E-state index in [1.807, 2.05) is 6.92 Å². The number of hydrazine groups is 1. The van der Waals surface area contributed by atoms with Crippen LogP contribution < -0.4 is 20.7 Å². The van der Waals surface area contributed by atoms with Gasteiger partial charge in [-0.2, -0.15) is 0 Å². The Labute approximate surface area is 88.0 Å². The summed E-state index contributed by atoms with van der Waals surface area (Å²) in [6.07, 6.45) is 0. The molecule has 2 N–H and O–H groups in total. The highest BCUT2D eigenvalue weighted by molar-refractivity contribution is 5.71. The average Bonchev–Trinajstić information content (AvgIpc) is 2.16. The zero-order valence-corrected chi connectivity index (χ0v) is 8.69. The Hall–Kier alpha value is -1.75. The molecule has 1 aromatic rings. The van der Waals surface area contributed by atoms with E-state index in [4.69, 9.17) is 10.6 Å². The zero-order chi connectivity index (χ0) is 11.4. The van der Waals surface area contributed by atoms with Crippen LogP contribution in [0.2, 0.25) is 0 Å². The number of carboxylic acids is 1. The molecule has 5 nitrogen and oxygen atoms in total. The number of methoxy groups -OCH3 is 1. The molecular weight excluding hydrogens is 196 g/mol. The number of aryl methyl sites for hydroxylation is 1. The predicted octanol–water partition coefficient (Wildman–Crippen LogP) is -0.566. The van der Waals surface area contributed by atoms with Crippen LogP contribution in [0.25, 0.3) is 0 Å². The van der Waals surface area contributed by atoms with E-state index in [1.165, 1.54) is 0 Å². The van der Waals surface area contributed by atoms with Gasteiger partial charge in [-0.15, -0.1) is 0 Å². The number of nitrogens with two attached hydrogens (primary N) is 1. The summed E-state index contributed by atoms with van der Waals surface area (Å²) >= 11 is 0. The Balaban J connectivity index is 2.87. The molecule has 0 saturated heterocycles. The number of aliphatic carboxylic acids is 1. The van der Waals surface area contributed by atoms with Gasteiger partial charge in [0.2, 0.25) is 0 Å². The molecule has 0 aliphatic carbocycles. The average molecular weight is 209 g/mol. The highest BCUT2D eigenvalue weighted by atomic mass is 16.5. The first-order valence-corrected chi connectivity index (χ1v) is 4.41. The van der Waals surface area contributed by atoms with E-state index in [9.17, 15) is 9.90 Å². The number of anilines is 1. The first-order valence-electron chi connectivity index (χ1n) is 4.41. The molecule has 0 radical (unpaired) electrons. The Kier molecular flexibility index (Phi) is 3.51. The van der Waals surface area contributed by atoms with Crippen molar-refractivity contribution in [3.05, 3.63) is 23.8 Å². The third kappa shape index (κ3) is 2.85. The molecule has 1 rings (SSSR count). The third-order valence-corrected chi connectivity index (χ3v) is 2.01. The van der Waals surface area contributed by atoms with Crippen LogP contribution in [0.1, 0.15) is 5.56 Å². The molecule has 0 unspecified atom stereocenters. The SMILES string of the molecule is COc1ccc(N(N)CC(=O)[O-])cc1C. The Morgan fingerprint density at radius 1 is 1.60 bits per heavy atom. The van der Waals surface area contributed by atoms with E-state index in [1.54, 1.807) is 25.3 Å². The van der Waals surface area contributed by atoms with Crippen LogP contribution in [-0.2, 0) is 4.79 Å². The molecule has 15 heavy (non-hydrogen) atoms. The molecule has 0 spiro atoms. The lowest BCUT2D eigenvalue weighted by Gasteiger charge is -2.20. The number of carbonyl (C=O) groups excluding carboxylic acids is 1. The number of carboxylic acid groups (broad SMARTS) is 1. The minimum absolute atomic E-state index is 0.341. The molecule has 0 amide bonds. The van der Waals surface area contributed by atoms with Gasteiger partial charge in [0.25, 0.3) is 0 Å². The fourth-order valence-electron chi connectivity index (χ4n) is 1.27. The molecule has 1 aromatic carbocycles. The van der Waals surface area contributed by atoms with Crippen molar-refractivity contribution in [3.63, 3.8) is 0 Å². The fraction of sp³-hybridized carbons (Fsp3) is 0.300. The maximum Gasteiger partial charge on any atom is 0.121 e. The summed E-state index contributed by atoms with van der Waals surface area (Å²) in [7, 11) is 1.57. The molecule has 0 aliphatic heterocycles. The molecule has 0 bridgehead atoms. The van der Waals surface area contributed by atoms with E-state index in [0.717, 1.165) is 16.3 Å². The lowest BCUT2D eigenvalue weighted by atomic mass is 10.2. The van der Waals surface area contributed by atoms with Crippen molar-refractivity contribution in [3.8, 4) is 5.75 Å². The summed E-state index contributed by atoms with van der Waals surface area (Å²) in [5.41, 5.74) is 1.50. The first kappa shape index (κ1) is 11.3. The van der Waals surface area contributed by atoms with Gasteiger partial charge < -0.3 is 19.6 Å². The summed E-state index contributed by atoms with van der Waals surface area (Å²) in [4.78, 5) is 10.3. The quantitative estimate of drug-likeness (QED) is 0.531. The van der Waals surface area contributed by atoms with E-state index >= 15 is 0 Å². The number of hydrogen-bond acceptors (Lipinski definition) is 5. The van der Waals surface area contributed by atoms with E-state index in [0.29, 0.717) is 5.69 Å². The molecule has 5 heteroatoms. The van der Waals surface area contributed by atoms with Crippen LogP contribution in [-0.4, -0.2) is 19.6 Å². The molecule has 0 saturated carbocycles. The van der Waals surface area contributed by atoms with Gasteiger partial charge in [0, 0.05) is 0 Å². The van der Waals surface area contributed by atoms with Gasteiger partial charge in [-0.05, 0) is 30.7 Å². The van der Waals surface area contributed by atoms with Crippen LogP contribution >= 0.6 is 0 Å². The highest BCUT2D eigenvalue weighted by Gasteiger charge is 2.04. The maximum atomic E-state index is 10.3. The van der Waals surface area contributed by atoms with Crippen LogP contribution in [0.3, 0.4) is 0 Å². The summed E-state index contributed by atoms with van der Waals surface area (Å²) in [6, 6.07) is 5.18. The summed E-state index contributed by atoms with van der Waals surface area (Å²) in [6.45, 7) is 1.51. The second-order valence-corrected chi connectivity index (χ2v) is 3.15. The summed E-state index contributed by atoms with van der Waals surface area (Å²) in [5.74, 6) is 5.05. The molecule has 0 aromatic heterocycles. The standard InChI is InChI=1S/C10H14N2O3/c1-7-5-8(3-4-9(7)15-2)12(11)6-10(13)14/h3-5H,6,11H2,1-2H3,(H,13,14)/p-1. The first-order chi connectivity index (χ1) is 7.04. The van der Waals surface area contributed by atoms with Gasteiger partial charge >= 0.3 is 0 Å². The summed E-state index contributed by atoms with van der Waals surface area (Å²) in [5, 5.41) is 11.4. The summed E-state index contributed by atoms with van der Waals surface area (Å²) < 4.78 is 5.07. The highest BCUT2D eigenvalue weighted by Crippen LogP contribution is 2.22. The largest absolute Gasteiger partial charge is 0.548 e. The Morgan fingerprint density at radius 2 is 2.27 bits per heavy atom. The number of rotatable bonds is 4. The Bertz CT molecular complexity index is 366. The van der Waals surface area contributed by atoms with E-state index in [-0.39, 0.29) is 6.54 Å². The number of nitrogens with zero attached hydrogens (tertiary/aromatic N) is 1. The number of hydrogen-bond donors (Lipinski definition) is 1. The van der Waals surface area contributed by atoms with Crippen molar-refractivity contribution < 1.29 is 14.6 Å². The van der Waals surface area contributed by atoms with Gasteiger partial charge in [-0.25, -0.2) is 5.84 Å². The van der Waals surface area contributed by atoms with Crippen molar-refractivity contribution in [2.75, 3.05) is 18.7 Å². The predicted molar refractivity (Wildman–Crippen MR) is 54.3 cm³/mol. The zero-order valence-electron chi connectivity index (χ0n) is 8.69.